The molecule has 1 heterocycles. The molecular weight excluding hydrogens is 374 g/mol. The fourth-order valence-electron chi connectivity index (χ4n) is 2.19. The number of nitrogens with one attached hydrogen (secondary N) is 1. The zero-order valence-corrected chi connectivity index (χ0v) is 15.5. The maximum Gasteiger partial charge on any atom is 0.325 e. The van der Waals surface area contributed by atoms with Crippen molar-refractivity contribution >= 4 is 27.8 Å². The first-order valence-electron chi connectivity index (χ1n) is 7.70. The average molecular weight is 394 g/mol. The van der Waals surface area contributed by atoms with Gasteiger partial charge in [0.15, 0.2) is 0 Å². The number of halogens is 1. The van der Waals surface area contributed by atoms with E-state index in [2.05, 4.69) is 26.1 Å². The molecule has 0 atom stereocenters. The van der Waals surface area contributed by atoms with Crippen LogP contribution in [-0.4, -0.2) is 46.2 Å². The summed E-state index contributed by atoms with van der Waals surface area (Å²) in [7, 11) is 0. The van der Waals surface area contributed by atoms with Gasteiger partial charge in [-0.1, -0.05) is 28.1 Å². The van der Waals surface area contributed by atoms with E-state index in [-0.39, 0.29) is 25.1 Å². The van der Waals surface area contributed by atoms with E-state index in [4.69, 9.17) is 4.74 Å². The van der Waals surface area contributed by atoms with Crippen LogP contribution in [0.3, 0.4) is 0 Å². The van der Waals surface area contributed by atoms with Gasteiger partial charge in [-0.25, -0.2) is 0 Å². The minimum absolute atomic E-state index is 0.0863. The second-order valence-corrected chi connectivity index (χ2v) is 6.42. The van der Waals surface area contributed by atoms with Gasteiger partial charge in [0, 0.05) is 16.1 Å². The van der Waals surface area contributed by atoms with Gasteiger partial charge in [0.05, 0.1) is 12.3 Å². The highest BCUT2D eigenvalue weighted by atomic mass is 79.9. The fourth-order valence-corrected chi connectivity index (χ4v) is 2.45. The molecule has 0 spiro atoms. The zero-order valence-electron chi connectivity index (χ0n) is 13.9. The lowest BCUT2D eigenvalue weighted by Gasteiger charge is -2.24. The summed E-state index contributed by atoms with van der Waals surface area (Å²) >= 11 is 3.38. The minimum Gasteiger partial charge on any atom is -0.465 e. The summed E-state index contributed by atoms with van der Waals surface area (Å²) in [4.78, 5) is 25.8. The highest BCUT2D eigenvalue weighted by molar-refractivity contribution is 9.10. The number of benzene rings is 1. The summed E-state index contributed by atoms with van der Waals surface area (Å²) in [6.07, 6.45) is 0. The van der Waals surface area contributed by atoms with Gasteiger partial charge in [0.25, 0.3) is 5.91 Å². The maximum absolute atomic E-state index is 12.7. The quantitative estimate of drug-likeness (QED) is 0.764. The van der Waals surface area contributed by atoms with E-state index in [1.165, 1.54) is 4.90 Å². The van der Waals surface area contributed by atoms with Crippen molar-refractivity contribution in [2.24, 2.45) is 0 Å². The molecule has 2 rings (SSSR count). The van der Waals surface area contributed by atoms with Crippen molar-refractivity contribution in [1.29, 1.82) is 0 Å². The van der Waals surface area contributed by atoms with Gasteiger partial charge in [0.1, 0.15) is 12.2 Å². The molecule has 128 valence electrons. The summed E-state index contributed by atoms with van der Waals surface area (Å²) in [6, 6.07) is 9.19. The smallest absolute Gasteiger partial charge is 0.325 e. The number of carbonyl (C=O) groups excluding carboxylic acids is 2. The van der Waals surface area contributed by atoms with Crippen LogP contribution in [-0.2, 0) is 9.53 Å². The molecule has 1 aromatic carbocycles. The minimum atomic E-state index is -0.424. The third-order valence-corrected chi connectivity index (χ3v) is 3.97. The first kappa shape index (κ1) is 18.2. The van der Waals surface area contributed by atoms with Crippen LogP contribution in [0.25, 0.3) is 11.3 Å². The molecule has 0 aliphatic rings. The van der Waals surface area contributed by atoms with Gasteiger partial charge in [-0.2, -0.15) is 5.10 Å². The van der Waals surface area contributed by atoms with E-state index in [0.29, 0.717) is 11.4 Å². The predicted octanol–water partition coefficient (Wildman–Crippen LogP) is 3.25. The summed E-state index contributed by atoms with van der Waals surface area (Å²) in [5, 5.41) is 6.94. The number of esters is 1. The van der Waals surface area contributed by atoms with Crippen molar-refractivity contribution in [1.82, 2.24) is 15.1 Å². The first-order valence-corrected chi connectivity index (χ1v) is 8.49. The van der Waals surface area contributed by atoms with Crippen LogP contribution in [0.4, 0.5) is 0 Å². The van der Waals surface area contributed by atoms with E-state index in [1.807, 2.05) is 38.1 Å². The highest BCUT2D eigenvalue weighted by Crippen LogP contribution is 2.21. The number of nitrogens with zero attached hydrogens (tertiary/aromatic N) is 2. The van der Waals surface area contributed by atoms with Crippen molar-refractivity contribution in [2.75, 3.05) is 13.2 Å². The summed E-state index contributed by atoms with van der Waals surface area (Å²) in [5.74, 6) is -0.707. The summed E-state index contributed by atoms with van der Waals surface area (Å²) in [5.41, 5.74) is 1.91. The lowest BCUT2D eigenvalue weighted by Crippen LogP contribution is -2.41. The number of H-pyrrole nitrogens is 1. The summed E-state index contributed by atoms with van der Waals surface area (Å²) in [6.45, 7) is 5.64. The number of aromatic amines is 1. The number of rotatable bonds is 6. The van der Waals surface area contributed by atoms with E-state index >= 15 is 0 Å². The Bertz CT molecular complexity index is 710. The van der Waals surface area contributed by atoms with Crippen molar-refractivity contribution in [2.45, 2.75) is 26.8 Å². The number of ether oxygens (including phenoxy) is 1. The molecule has 24 heavy (non-hydrogen) atoms. The lowest BCUT2D eigenvalue weighted by molar-refractivity contribution is -0.144. The topological polar surface area (TPSA) is 75.3 Å². The molecule has 7 heteroatoms. The van der Waals surface area contributed by atoms with Gasteiger partial charge in [0.2, 0.25) is 0 Å². The van der Waals surface area contributed by atoms with Crippen LogP contribution in [0.1, 0.15) is 31.3 Å². The van der Waals surface area contributed by atoms with Gasteiger partial charge < -0.3 is 9.64 Å². The molecule has 0 aliphatic heterocycles. The predicted molar refractivity (Wildman–Crippen MR) is 94.5 cm³/mol. The van der Waals surface area contributed by atoms with E-state index in [9.17, 15) is 9.59 Å². The molecule has 0 radical (unpaired) electrons. The Morgan fingerprint density at radius 3 is 2.54 bits per heavy atom. The highest BCUT2D eigenvalue weighted by Gasteiger charge is 2.24. The number of hydrogen-bond acceptors (Lipinski definition) is 4. The fraction of sp³-hybridized carbons (Fsp3) is 0.353. The third-order valence-electron chi connectivity index (χ3n) is 3.44. The standard InChI is InChI=1S/C17H20BrN3O3/c1-4-24-16(22)10-21(11(2)3)17(23)15-9-14(19-20-15)12-5-7-13(18)8-6-12/h5-9,11H,4,10H2,1-3H3,(H,19,20). The first-order chi connectivity index (χ1) is 11.4. The SMILES string of the molecule is CCOC(=O)CN(C(=O)c1cc(-c2ccc(Br)cc2)n[nH]1)C(C)C. The molecule has 0 aliphatic carbocycles. The lowest BCUT2D eigenvalue weighted by atomic mass is 10.1. The molecular formula is C17H20BrN3O3. The van der Waals surface area contributed by atoms with Crippen molar-refractivity contribution < 1.29 is 14.3 Å². The molecule has 1 amide bonds. The maximum atomic E-state index is 12.7. The Labute approximate surface area is 149 Å². The molecule has 0 fully saturated rings. The molecule has 0 bridgehead atoms. The van der Waals surface area contributed by atoms with Crippen molar-refractivity contribution in [3.8, 4) is 11.3 Å². The molecule has 1 aromatic heterocycles. The van der Waals surface area contributed by atoms with Gasteiger partial charge in [-0.3, -0.25) is 14.7 Å². The molecule has 0 saturated heterocycles. The van der Waals surface area contributed by atoms with Crippen LogP contribution in [0.2, 0.25) is 0 Å². The average Bonchev–Trinajstić information content (AvgIpc) is 3.02. The number of hydrogen-bond donors (Lipinski definition) is 1. The Kier molecular flexibility index (Phi) is 6.14. The normalized spacial score (nSPS) is 10.7. The largest absolute Gasteiger partial charge is 0.465 e. The van der Waals surface area contributed by atoms with E-state index in [1.54, 1.807) is 13.0 Å². The molecule has 0 unspecified atom stereocenters. The van der Waals surface area contributed by atoms with Gasteiger partial charge in [-0.05, 0) is 39.0 Å². The van der Waals surface area contributed by atoms with Crippen LogP contribution in [0.5, 0.6) is 0 Å². The van der Waals surface area contributed by atoms with Crippen LogP contribution in [0, 0.1) is 0 Å². The van der Waals surface area contributed by atoms with Gasteiger partial charge >= 0.3 is 5.97 Å². The van der Waals surface area contributed by atoms with Crippen LogP contribution >= 0.6 is 15.9 Å². The zero-order chi connectivity index (χ0) is 17.7. The summed E-state index contributed by atoms with van der Waals surface area (Å²) < 4.78 is 5.90. The van der Waals surface area contributed by atoms with Crippen LogP contribution in [0.15, 0.2) is 34.8 Å². The monoisotopic (exact) mass is 393 g/mol. The molecule has 1 N–H and O–H groups in total. The second-order valence-electron chi connectivity index (χ2n) is 5.51. The van der Waals surface area contributed by atoms with Gasteiger partial charge in [-0.15, -0.1) is 0 Å². The Morgan fingerprint density at radius 2 is 1.96 bits per heavy atom. The number of carbonyl (C=O) groups is 2. The van der Waals surface area contributed by atoms with Crippen molar-refractivity contribution in [3.63, 3.8) is 0 Å². The Morgan fingerprint density at radius 1 is 1.29 bits per heavy atom. The molecule has 0 saturated carbocycles. The van der Waals surface area contributed by atoms with E-state index < -0.39 is 5.97 Å². The number of aromatic nitrogens is 2. The third kappa shape index (κ3) is 4.44. The molecule has 6 nitrogen and oxygen atoms in total. The van der Waals surface area contributed by atoms with Crippen molar-refractivity contribution in [3.05, 3.63) is 40.5 Å². The number of amides is 1. The molecule has 2 aromatic rings. The second kappa shape index (κ2) is 8.10. The Hall–Kier alpha value is -2.15. The van der Waals surface area contributed by atoms with E-state index in [0.717, 1.165) is 10.0 Å². The Balaban J connectivity index is 2.18. The van der Waals surface area contributed by atoms with Crippen LogP contribution < -0.4 is 0 Å².